The molecule has 0 spiro atoms. The molecule has 2 nitrogen and oxygen atoms in total. The van der Waals surface area contributed by atoms with E-state index in [1.807, 2.05) is 0 Å². The Hall–Kier alpha value is -5.86. The van der Waals surface area contributed by atoms with Gasteiger partial charge in [-0.15, -0.1) is 0 Å². The van der Waals surface area contributed by atoms with Crippen molar-refractivity contribution in [2.24, 2.45) is 0 Å². The maximum atomic E-state index is 2.38. The van der Waals surface area contributed by atoms with E-state index in [1.165, 1.54) is 44.1 Å². The predicted octanol–water partition coefficient (Wildman–Crippen LogP) is 11.6. The lowest BCUT2D eigenvalue weighted by Crippen LogP contribution is -2.10. The number of anilines is 3. The van der Waals surface area contributed by atoms with Crippen LogP contribution in [0.5, 0.6) is 0 Å². The average molecular weight is 563 g/mol. The van der Waals surface area contributed by atoms with Crippen molar-refractivity contribution in [2.45, 2.75) is 0 Å². The number of para-hydroxylation sites is 4. The first-order chi connectivity index (χ1) is 21.8. The zero-order chi connectivity index (χ0) is 29.3. The van der Waals surface area contributed by atoms with Gasteiger partial charge in [-0.3, -0.25) is 0 Å². The highest BCUT2D eigenvalue weighted by Gasteiger charge is 2.19. The topological polar surface area (TPSA) is 8.17 Å². The molecule has 208 valence electrons. The molecule has 0 atom stereocenters. The highest BCUT2D eigenvalue weighted by Crippen LogP contribution is 2.42. The van der Waals surface area contributed by atoms with Crippen molar-refractivity contribution in [3.8, 4) is 27.9 Å². The molecule has 0 saturated carbocycles. The van der Waals surface area contributed by atoms with Crippen molar-refractivity contribution >= 4 is 38.9 Å². The quantitative estimate of drug-likeness (QED) is 0.196. The van der Waals surface area contributed by atoms with Crippen molar-refractivity contribution in [3.63, 3.8) is 0 Å². The first kappa shape index (κ1) is 25.8. The van der Waals surface area contributed by atoms with Crippen molar-refractivity contribution in [1.82, 2.24) is 4.57 Å². The van der Waals surface area contributed by atoms with Crippen LogP contribution in [0.15, 0.2) is 182 Å². The minimum atomic E-state index is 1.13. The van der Waals surface area contributed by atoms with Crippen LogP contribution in [0.2, 0.25) is 0 Å². The molecule has 0 fully saturated rings. The number of hydrogen-bond acceptors (Lipinski definition) is 1. The summed E-state index contributed by atoms with van der Waals surface area (Å²) in [5.41, 5.74) is 11.7. The normalized spacial score (nSPS) is 11.2. The monoisotopic (exact) mass is 562 g/mol. The van der Waals surface area contributed by atoms with Crippen LogP contribution in [-0.4, -0.2) is 4.57 Å². The van der Waals surface area contributed by atoms with Gasteiger partial charge in [-0.05, 0) is 83.4 Å². The minimum Gasteiger partial charge on any atom is -0.310 e. The number of nitrogens with zero attached hydrogens (tertiary/aromatic N) is 2. The Bertz CT molecular complexity index is 2160. The summed E-state index contributed by atoms with van der Waals surface area (Å²) in [6, 6.07) is 65.0. The highest BCUT2D eigenvalue weighted by atomic mass is 15.1. The van der Waals surface area contributed by atoms with Gasteiger partial charge >= 0.3 is 0 Å². The van der Waals surface area contributed by atoms with E-state index < -0.39 is 0 Å². The fourth-order valence-electron chi connectivity index (χ4n) is 6.35. The fourth-order valence-corrected chi connectivity index (χ4v) is 6.35. The molecule has 0 aliphatic carbocycles. The van der Waals surface area contributed by atoms with Gasteiger partial charge in [0.1, 0.15) is 0 Å². The Morgan fingerprint density at radius 3 is 1.45 bits per heavy atom. The van der Waals surface area contributed by atoms with Crippen LogP contribution in [-0.2, 0) is 0 Å². The highest BCUT2D eigenvalue weighted by molar-refractivity contribution is 6.12. The number of rotatable bonds is 6. The number of benzene rings is 7. The smallest absolute Gasteiger partial charge is 0.0541 e. The van der Waals surface area contributed by atoms with Crippen molar-refractivity contribution in [2.75, 3.05) is 4.90 Å². The Morgan fingerprint density at radius 1 is 0.364 bits per heavy atom. The molecular weight excluding hydrogens is 532 g/mol. The van der Waals surface area contributed by atoms with Crippen molar-refractivity contribution < 1.29 is 0 Å². The molecule has 0 unspecified atom stereocenters. The Morgan fingerprint density at radius 2 is 0.841 bits per heavy atom. The van der Waals surface area contributed by atoms with Gasteiger partial charge < -0.3 is 9.47 Å². The molecule has 0 N–H and O–H groups in total. The summed E-state index contributed by atoms with van der Waals surface area (Å²) >= 11 is 0. The maximum absolute atomic E-state index is 2.38. The van der Waals surface area contributed by atoms with Gasteiger partial charge in [0.2, 0.25) is 0 Å². The van der Waals surface area contributed by atoms with Gasteiger partial charge in [-0.25, -0.2) is 0 Å². The van der Waals surface area contributed by atoms with Crippen LogP contribution in [0, 0.1) is 0 Å². The molecule has 8 aromatic rings. The van der Waals surface area contributed by atoms with E-state index in [2.05, 4.69) is 191 Å². The lowest BCUT2D eigenvalue weighted by Gasteiger charge is -2.27. The summed E-state index contributed by atoms with van der Waals surface area (Å²) < 4.78 is 2.38. The van der Waals surface area contributed by atoms with Crippen LogP contribution < -0.4 is 4.90 Å². The molecule has 0 bridgehead atoms. The molecule has 44 heavy (non-hydrogen) atoms. The molecular formula is C42H30N2. The van der Waals surface area contributed by atoms with E-state index >= 15 is 0 Å². The zero-order valence-electron chi connectivity index (χ0n) is 24.2. The van der Waals surface area contributed by atoms with Crippen LogP contribution in [0.4, 0.5) is 17.1 Å². The van der Waals surface area contributed by atoms with Crippen LogP contribution in [0.1, 0.15) is 0 Å². The summed E-state index contributed by atoms with van der Waals surface area (Å²) in [7, 11) is 0. The average Bonchev–Trinajstić information content (AvgIpc) is 3.43. The van der Waals surface area contributed by atoms with Crippen LogP contribution in [0.3, 0.4) is 0 Å². The van der Waals surface area contributed by atoms with Gasteiger partial charge in [-0.1, -0.05) is 115 Å². The van der Waals surface area contributed by atoms with E-state index in [9.17, 15) is 0 Å². The van der Waals surface area contributed by atoms with Gasteiger partial charge in [0.25, 0.3) is 0 Å². The van der Waals surface area contributed by atoms with Crippen molar-refractivity contribution in [1.29, 1.82) is 0 Å². The van der Waals surface area contributed by atoms with E-state index in [0.717, 1.165) is 22.7 Å². The third-order valence-electron chi connectivity index (χ3n) is 8.37. The Balaban J connectivity index is 1.37. The Labute approximate surface area is 257 Å². The Kier molecular flexibility index (Phi) is 6.51. The number of fused-ring (bicyclic) bond motifs is 3. The third-order valence-corrected chi connectivity index (χ3v) is 8.37. The summed E-state index contributed by atoms with van der Waals surface area (Å²) in [5.74, 6) is 0. The number of hydrogen-bond donors (Lipinski definition) is 0. The van der Waals surface area contributed by atoms with Gasteiger partial charge in [0.15, 0.2) is 0 Å². The molecule has 0 aliphatic heterocycles. The second-order valence-corrected chi connectivity index (χ2v) is 11.0. The molecule has 1 heterocycles. The molecule has 0 saturated heterocycles. The molecule has 8 rings (SSSR count). The molecule has 2 heteroatoms. The van der Waals surface area contributed by atoms with Crippen LogP contribution >= 0.6 is 0 Å². The van der Waals surface area contributed by atoms with Gasteiger partial charge in [-0.2, -0.15) is 0 Å². The number of aromatic nitrogens is 1. The molecule has 7 aromatic carbocycles. The lowest BCUT2D eigenvalue weighted by molar-refractivity contribution is 1.18. The van der Waals surface area contributed by atoms with Crippen molar-refractivity contribution in [3.05, 3.63) is 182 Å². The van der Waals surface area contributed by atoms with Crippen LogP contribution in [0.25, 0.3) is 49.7 Å². The SMILES string of the molecule is c1ccc(-c2ccc3c(c2)c2cc(-c4ccccc4N(c4ccccc4)c4ccccc4)ccc2n3-c2ccccc2)cc1. The van der Waals surface area contributed by atoms with E-state index in [-0.39, 0.29) is 0 Å². The molecule has 0 aliphatic rings. The zero-order valence-corrected chi connectivity index (χ0v) is 24.2. The minimum absolute atomic E-state index is 1.13. The first-order valence-corrected chi connectivity index (χ1v) is 15.0. The van der Waals surface area contributed by atoms with E-state index in [0.29, 0.717) is 0 Å². The second kappa shape index (κ2) is 11.1. The molecule has 0 radical (unpaired) electrons. The second-order valence-electron chi connectivity index (χ2n) is 11.0. The van der Waals surface area contributed by atoms with E-state index in [4.69, 9.17) is 0 Å². The standard InChI is InChI=1S/C42H30N2/c1-5-15-31(16-6-1)32-25-27-41-38(29-32)39-30-33(26-28-42(39)44(41)36-21-11-4-12-22-36)37-23-13-14-24-40(37)43(34-17-7-2-8-18-34)35-19-9-3-10-20-35/h1-30H. The fraction of sp³-hybridized carbons (Fsp3) is 0. The largest absolute Gasteiger partial charge is 0.310 e. The maximum Gasteiger partial charge on any atom is 0.0541 e. The summed E-state index contributed by atoms with van der Waals surface area (Å²) in [6.45, 7) is 0. The molecule has 1 aromatic heterocycles. The van der Waals surface area contributed by atoms with E-state index in [1.54, 1.807) is 0 Å². The van der Waals surface area contributed by atoms with Gasteiger partial charge in [0, 0.05) is 33.4 Å². The third kappa shape index (κ3) is 4.54. The lowest BCUT2D eigenvalue weighted by atomic mass is 9.98. The predicted molar refractivity (Wildman–Crippen MR) is 186 cm³/mol. The summed E-state index contributed by atoms with van der Waals surface area (Å²) in [6.07, 6.45) is 0. The molecule has 0 amide bonds. The summed E-state index contributed by atoms with van der Waals surface area (Å²) in [4.78, 5) is 2.35. The van der Waals surface area contributed by atoms with Gasteiger partial charge in [0.05, 0.1) is 16.7 Å². The summed E-state index contributed by atoms with van der Waals surface area (Å²) in [5, 5.41) is 2.48. The first-order valence-electron chi connectivity index (χ1n) is 15.0.